The van der Waals surface area contributed by atoms with E-state index in [0.717, 1.165) is 26.2 Å². The molecule has 2 N–H and O–H groups in total. The van der Waals surface area contributed by atoms with Crippen LogP contribution in [0.3, 0.4) is 0 Å². The fourth-order valence-electron chi connectivity index (χ4n) is 1.18. The Morgan fingerprint density at radius 3 is 2.25 bits per heavy atom. The number of piperazine rings is 1. The lowest BCUT2D eigenvalue weighted by atomic mass is 10.3. The Bertz CT molecular complexity index is 146. The molecule has 0 aliphatic carbocycles. The van der Waals surface area contributed by atoms with Crippen LogP contribution in [0.15, 0.2) is 0 Å². The van der Waals surface area contributed by atoms with Gasteiger partial charge in [0.1, 0.15) is 0 Å². The van der Waals surface area contributed by atoms with Crippen LogP contribution in [-0.4, -0.2) is 55.5 Å². The second-order valence-electron chi connectivity index (χ2n) is 2.89. The van der Waals surface area contributed by atoms with Crippen molar-refractivity contribution in [2.45, 2.75) is 0 Å². The molecule has 1 heterocycles. The van der Waals surface area contributed by atoms with E-state index in [0.29, 0.717) is 0 Å². The highest BCUT2D eigenvalue weighted by Gasteiger charge is 2.16. The molecule has 12 heavy (non-hydrogen) atoms. The van der Waals surface area contributed by atoms with E-state index in [9.17, 15) is 4.79 Å². The molecule has 4 nitrogen and oxygen atoms in total. The van der Waals surface area contributed by atoms with E-state index in [4.69, 9.17) is 5.73 Å². The quantitative estimate of drug-likeness (QED) is 0.590. The maximum atomic E-state index is 11.1. The Hall–Kier alpha value is -0.320. The van der Waals surface area contributed by atoms with Crippen molar-refractivity contribution >= 4 is 18.3 Å². The first kappa shape index (κ1) is 11.7. The minimum Gasteiger partial charge on any atom is -0.339 e. The number of carbonyl (C=O) groups excluding carboxylic acids is 1. The summed E-state index contributed by atoms with van der Waals surface area (Å²) in [5.41, 5.74) is 5.23. The van der Waals surface area contributed by atoms with Gasteiger partial charge in [0.2, 0.25) is 5.91 Å². The fraction of sp³-hybridized carbons (Fsp3) is 0.857. The number of amides is 1. The van der Waals surface area contributed by atoms with E-state index in [1.807, 2.05) is 4.90 Å². The molecule has 1 rings (SSSR count). The average Bonchev–Trinajstić information content (AvgIpc) is 2.05. The molecule has 1 aliphatic rings. The molecule has 0 aromatic carbocycles. The zero-order chi connectivity index (χ0) is 8.27. The standard InChI is InChI=1S/C7H15N3O.ClH/c1-9-2-4-10(5-3-9)7(11)6-8;/h2-6,8H2,1H3;1H. The number of hydrogen-bond donors (Lipinski definition) is 1. The van der Waals surface area contributed by atoms with Crippen LogP contribution in [0.5, 0.6) is 0 Å². The predicted octanol–water partition coefficient (Wildman–Crippen LogP) is -0.859. The van der Waals surface area contributed by atoms with Gasteiger partial charge in [-0.3, -0.25) is 4.79 Å². The molecule has 1 saturated heterocycles. The van der Waals surface area contributed by atoms with Gasteiger partial charge >= 0.3 is 0 Å². The molecule has 1 amide bonds. The van der Waals surface area contributed by atoms with Gasteiger partial charge in [-0.2, -0.15) is 0 Å². The Balaban J connectivity index is 0.00000121. The fourth-order valence-corrected chi connectivity index (χ4v) is 1.18. The molecule has 0 radical (unpaired) electrons. The highest BCUT2D eigenvalue weighted by molar-refractivity contribution is 5.85. The highest BCUT2D eigenvalue weighted by Crippen LogP contribution is 1.98. The first-order valence-corrected chi connectivity index (χ1v) is 3.90. The van der Waals surface area contributed by atoms with Crippen LogP contribution in [0.4, 0.5) is 0 Å². The lowest BCUT2D eigenvalue weighted by Gasteiger charge is -2.32. The van der Waals surface area contributed by atoms with Gasteiger partial charge < -0.3 is 15.5 Å². The normalized spacial score (nSPS) is 18.7. The molecule has 0 unspecified atom stereocenters. The summed E-state index contributed by atoms with van der Waals surface area (Å²) in [5, 5.41) is 0. The maximum absolute atomic E-state index is 11.1. The van der Waals surface area contributed by atoms with Crippen molar-refractivity contribution in [1.82, 2.24) is 9.80 Å². The first-order chi connectivity index (χ1) is 5.24. The molecular weight excluding hydrogens is 178 g/mol. The Kier molecular flexibility index (Phi) is 5.20. The highest BCUT2D eigenvalue weighted by atomic mass is 35.5. The lowest BCUT2D eigenvalue weighted by Crippen LogP contribution is -2.48. The SMILES string of the molecule is CN1CCN(C(=O)CN)CC1.Cl. The van der Waals surface area contributed by atoms with E-state index in [2.05, 4.69) is 11.9 Å². The van der Waals surface area contributed by atoms with Gasteiger partial charge in [-0.05, 0) is 7.05 Å². The smallest absolute Gasteiger partial charge is 0.236 e. The van der Waals surface area contributed by atoms with Crippen molar-refractivity contribution in [1.29, 1.82) is 0 Å². The van der Waals surface area contributed by atoms with Gasteiger partial charge in [0.05, 0.1) is 6.54 Å². The number of rotatable bonds is 1. The summed E-state index contributed by atoms with van der Waals surface area (Å²) >= 11 is 0. The molecule has 1 fully saturated rings. The monoisotopic (exact) mass is 193 g/mol. The molecule has 0 aromatic heterocycles. The number of likely N-dealkylation sites (N-methyl/N-ethyl adjacent to an activating group) is 1. The zero-order valence-corrected chi connectivity index (χ0v) is 8.14. The summed E-state index contributed by atoms with van der Waals surface area (Å²) in [6.45, 7) is 3.72. The van der Waals surface area contributed by atoms with Crippen molar-refractivity contribution in [3.05, 3.63) is 0 Å². The van der Waals surface area contributed by atoms with E-state index in [1.165, 1.54) is 0 Å². The second-order valence-corrected chi connectivity index (χ2v) is 2.89. The van der Waals surface area contributed by atoms with Crippen molar-refractivity contribution in [2.75, 3.05) is 39.8 Å². The summed E-state index contributed by atoms with van der Waals surface area (Å²) in [4.78, 5) is 15.1. The average molecular weight is 194 g/mol. The number of nitrogens with two attached hydrogens (primary N) is 1. The summed E-state index contributed by atoms with van der Waals surface area (Å²) in [6, 6.07) is 0. The third-order valence-corrected chi connectivity index (χ3v) is 2.03. The molecular formula is C7H16ClN3O. The van der Waals surface area contributed by atoms with Gasteiger partial charge in [-0.1, -0.05) is 0 Å². The Morgan fingerprint density at radius 1 is 1.33 bits per heavy atom. The van der Waals surface area contributed by atoms with Crippen LogP contribution in [-0.2, 0) is 4.79 Å². The molecule has 0 saturated carbocycles. The van der Waals surface area contributed by atoms with Crippen LogP contribution >= 0.6 is 12.4 Å². The Labute approximate surface area is 79.1 Å². The van der Waals surface area contributed by atoms with E-state index in [1.54, 1.807) is 0 Å². The third kappa shape index (κ3) is 2.97. The number of hydrogen-bond acceptors (Lipinski definition) is 3. The summed E-state index contributed by atoms with van der Waals surface area (Å²) < 4.78 is 0. The van der Waals surface area contributed by atoms with Crippen molar-refractivity contribution in [2.24, 2.45) is 5.73 Å². The van der Waals surface area contributed by atoms with Crippen LogP contribution in [0, 0.1) is 0 Å². The maximum Gasteiger partial charge on any atom is 0.236 e. The molecule has 1 aliphatic heterocycles. The number of carbonyl (C=O) groups is 1. The minimum atomic E-state index is 0. The topological polar surface area (TPSA) is 49.6 Å². The van der Waals surface area contributed by atoms with Crippen LogP contribution in [0.2, 0.25) is 0 Å². The van der Waals surface area contributed by atoms with Crippen LogP contribution in [0.1, 0.15) is 0 Å². The largest absolute Gasteiger partial charge is 0.339 e. The molecule has 0 aromatic rings. The molecule has 0 atom stereocenters. The van der Waals surface area contributed by atoms with Crippen molar-refractivity contribution < 1.29 is 4.79 Å². The molecule has 5 heteroatoms. The van der Waals surface area contributed by atoms with E-state index in [-0.39, 0.29) is 24.9 Å². The lowest BCUT2D eigenvalue weighted by molar-refractivity contribution is -0.131. The molecule has 72 valence electrons. The summed E-state index contributed by atoms with van der Waals surface area (Å²) in [5.74, 6) is 0.0677. The van der Waals surface area contributed by atoms with Crippen molar-refractivity contribution in [3.63, 3.8) is 0 Å². The van der Waals surface area contributed by atoms with Gasteiger partial charge in [0, 0.05) is 26.2 Å². The van der Waals surface area contributed by atoms with Crippen LogP contribution < -0.4 is 5.73 Å². The molecule has 0 bridgehead atoms. The van der Waals surface area contributed by atoms with Gasteiger partial charge in [0.15, 0.2) is 0 Å². The predicted molar refractivity (Wildman–Crippen MR) is 50.4 cm³/mol. The van der Waals surface area contributed by atoms with Gasteiger partial charge in [-0.25, -0.2) is 0 Å². The Morgan fingerprint density at radius 2 is 1.83 bits per heavy atom. The van der Waals surface area contributed by atoms with Gasteiger partial charge in [0.25, 0.3) is 0 Å². The number of nitrogens with zero attached hydrogens (tertiary/aromatic N) is 2. The number of halogens is 1. The minimum absolute atomic E-state index is 0. The van der Waals surface area contributed by atoms with E-state index >= 15 is 0 Å². The summed E-state index contributed by atoms with van der Waals surface area (Å²) in [6.07, 6.45) is 0. The second kappa shape index (κ2) is 5.35. The van der Waals surface area contributed by atoms with Crippen LogP contribution in [0.25, 0.3) is 0 Å². The zero-order valence-electron chi connectivity index (χ0n) is 7.32. The first-order valence-electron chi connectivity index (χ1n) is 3.90. The summed E-state index contributed by atoms with van der Waals surface area (Å²) in [7, 11) is 2.06. The van der Waals surface area contributed by atoms with Gasteiger partial charge in [-0.15, -0.1) is 12.4 Å². The van der Waals surface area contributed by atoms with E-state index < -0.39 is 0 Å². The third-order valence-electron chi connectivity index (χ3n) is 2.03. The van der Waals surface area contributed by atoms with Crippen molar-refractivity contribution in [3.8, 4) is 0 Å². The molecule has 0 spiro atoms.